The minimum atomic E-state index is -0.374. The highest BCUT2D eigenvalue weighted by atomic mass is 16.5. The van der Waals surface area contributed by atoms with Crippen LogP contribution in [0.2, 0.25) is 0 Å². The SMILES string of the molecule is N#Cc1c(N)nc2c(c1-c1ccc(O)cc1)CN(C(=O)[C@H]1CCCO1)CC2. The first-order valence-electron chi connectivity index (χ1n) is 8.99. The zero-order valence-electron chi connectivity index (χ0n) is 14.8. The van der Waals surface area contributed by atoms with Crippen molar-refractivity contribution in [3.05, 3.63) is 41.1 Å². The van der Waals surface area contributed by atoms with Gasteiger partial charge < -0.3 is 20.5 Å². The molecule has 2 aliphatic rings. The second kappa shape index (κ2) is 6.89. The smallest absolute Gasteiger partial charge is 0.252 e. The molecule has 0 aliphatic carbocycles. The Kier molecular flexibility index (Phi) is 4.42. The number of aromatic hydroxyl groups is 1. The summed E-state index contributed by atoms with van der Waals surface area (Å²) in [5.41, 5.74) is 9.43. The largest absolute Gasteiger partial charge is 0.508 e. The minimum Gasteiger partial charge on any atom is -0.508 e. The number of fused-ring (bicyclic) bond motifs is 1. The first-order chi connectivity index (χ1) is 13.1. The molecule has 0 bridgehead atoms. The number of pyridine rings is 1. The molecule has 3 N–H and O–H groups in total. The average molecular weight is 364 g/mol. The zero-order chi connectivity index (χ0) is 19.0. The number of anilines is 1. The molecule has 2 aliphatic heterocycles. The molecule has 1 fully saturated rings. The molecule has 3 heterocycles. The van der Waals surface area contributed by atoms with E-state index >= 15 is 0 Å². The van der Waals surface area contributed by atoms with Crippen LogP contribution in [0.3, 0.4) is 0 Å². The molecule has 1 aromatic heterocycles. The summed E-state index contributed by atoms with van der Waals surface area (Å²) < 4.78 is 5.54. The Hall–Kier alpha value is -3.11. The number of nitrogens with zero attached hydrogens (tertiary/aromatic N) is 3. The van der Waals surface area contributed by atoms with Gasteiger partial charge in [-0.15, -0.1) is 0 Å². The number of phenols is 1. The number of nitrogens with two attached hydrogens (primary N) is 1. The number of benzene rings is 1. The van der Waals surface area contributed by atoms with E-state index in [2.05, 4.69) is 11.1 Å². The van der Waals surface area contributed by atoms with Gasteiger partial charge in [-0.1, -0.05) is 12.1 Å². The zero-order valence-corrected chi connectivity index (χ0v) is 14.8. The number of ether oxygens (including phenoxy) is 1. The number of nitrogen functional groups attached to an aromatic ring is 1. The first-order valence-corrected chi connectivity index (χ1v) is 8.99. The van der Waals surface area contributed by atoms with Crippen molar-refractivity contribution in [1.82, 2.24) is 9.88 Å². The van der Waals surface area contributed by atoms with Crippen molar-refractivity contribution >= 4 is 11.7 Å². The van der Waals surface area contributed by atoms with Gasteiger partial charge in [0.25, 0.3) is 5.91 Å². The Morgan fingerprint density at radius 1 is 1.37 bits per heavy atom. The van der Waals surface area contributed by atoms with Gasteiger partial charge in [-0.3, -0.25) is 4.79 Å². The molecular weight excluding hydrogens is 344 g/mol. The highest BCUT2D eigenvalue weighted by Gasteiger charge is 2.32. The minimum absolute atomic E-state index is 0.00913. The van der Waals surface area contributed by atoms with Crippen LogP contribution in [0.5, 0.6) is 5.75 Å². The van der Waals surface area contributed by atoms with E-state index in [1.807, 2.05) is 0 Å². The van der Waals surface area contributed by atoms with Crippen LogP contribution in [0.25, 0.3) is 11.1 Å². The fraction of sp³-hybridized carbons (Fsp3) is 0.350. The number of amides is 1. The molecular formula is C20H20N4O3. The lowest BCUT2D eigenvalue weighted by Crippen LogP contribution is -2.42. The van der Waals surface area contributed by atoms with Crippen LogP contribution < -0.4 is 5.73 Å². The van der Waals surface area contributed by atoms with Crippen LogP contribution >= 0.6 is 0 Å². The second-order valence-corrected chi connectivity index (χ2v) is 6.84. The Morgan fingerprint density at radius 3 is 2.81 bits per heavy atom. The quantitative estimate of drug-likeness (QED) is 0.842. The van der Waals surface area contributed by atoms with E-state index in [0.717, 1.165) is 29.7 Å². The van der Waals surface area contributed by atoms with Crippen molar-refractivity contribution in [2.24, 2.45) is 0 Å². The standard InChI is InChI=1S/C20H20N4O3/c21-10-14-18(12-3-5-13(25)6-4-12)15-11-24(8-7-16(15)23-19(14)22)20(26)17-2-1-9-27-17/h3-6,17,25H,1-2,7-9,11H2,(H2,22,23)/t17-/m1/s1. The normalized spacial score (nSPS) is 18.8. The third-order valence-corrected chi connectivity index (χ3v) is 5.16. The van der Waals surface area contributed by atoms with Crippen LogP contribution in [0.15, 0.2) is 24.3 Å². The van der Waals surface area contributed by atoms with Crippen LogP contribution in [-0.4, -0.2) is 40.2 Å². The predicted octanol–water partition coefficient (Wildman–Crippen LogP) is 1.97. The van der Waals surface area contributed by atoms with Crippen LogP contribution in [0, 0.1) is 11.3 Å². The Morgan fingerprint density at radius 2 is 2.15 bits per heavy atom. The summed E-state index contributed by atoms with van der Waals surface area (Å²) in [6.07, 6.45) is 1.85. The number of carbonyl (C=O) groups is 1. The highest BCUT2D eigenvalue weighted by molar-refractivity contribution is 5.83. The number of aromatic nitrogens is 1. The Balaban J connectivity index is 1.78. The average Bonchev–Trinajstić information content (AvgIpc) is 3.21. The molecule has 7 heteroatoms. The lowest BCUT2D eigenvalue weighted by Gasteiger charge is -2.32. The summed E-state index contributed by atoms with van der Waals surface area (Å²) in [5, 5.41) is 19.2. The maximum Gasteiger partial charge on any atom is 0.252 e. The van der Waals surface area contributed by atoms with Crippen molar-refractivity contribution in [2.75, 3.05) is 18.9 Å². The molecule has 27 heavy (non-hydrogen) atoms. The van der Waals surface area contributed by atoms with E-state index < -0.39 is 0 Å². The van der Waals surface area contributed by atoms with E-state index in [1.165, 1.54) is 0 Å². The van der Waals surface area contributed by atoms with Crippen molar-refractivity contribution in [3.8, 4) is 22.9 Å². The summed E-state index contributed by atoms with van der Waals surface area (Å²) >= 11 is 0. The number of nitriles is 1. The number of carbonyl (C=O) groups excluding carboxylic acids is 1. The van der Waals surface area contributed by atoms with E-state index in [0.29, 0.717) is 37.2 Å². The molecule has 0 spiro atoms. The summed E-state index contributed by atoms with van der Waals surface area (Å²) in [6.45, 7) is 1.54. The van der Waals surface area contributed by atoms with Crippen LogP contribution in [-0.2, 0) is 22.5 Å². The number of hydrogen-bond donors (Lipinski definition) is 2. The number of hydrogen-bond acceptors (Lipinski definition) is 6. The van der Waals surface area contributed by atoms with E-state index in [9.17, 15) is 15.2 Å². The third-order valence-electron chi connectivity index (χ3n) is 5.16. The van der Waals surface area contributed by atoms with Gasteiger partial charge in [0.15, 0.2) is 0 Å². The van der Waals surface area contributed by atoms with Crippen molar-refractivity contribution in [1.29, 1.82) is 5.26 Å². The fourth-order valence-corrected chi connectivity index (χ4v) is 3.80. The number of rotatable bonds is 2. The number of phenolic OH excluding ortho intramolecular Hbond substituents is 1. The summed E-state index contributed by atoms with van der Waals surface area (Å²) in [4.78, 5) is 19.0. The molecule has 0 radical (unpaired) electrons. The van der Waals surface area contributed by atoms with Gasteiger partial charge in [0.1, 0.15) is 29.3 Å². The maximum absolute atomic E-state index is 12.8. The molecule has 0 saturated carbocycles. The van der Waals surface area contributed by atoms with E-state index in [4.69, 9.17) is 10.5 Å². The van der Waals surface area contributed by atoms with E-state index in [-0.39, 0.29) is 23.6 Å². The van der Waals surface area contributed by atoms with E-state index in [1.54, 1.807) is 29.2 Å². The third kappa shape index (κ3) is 3.09. The highest BCUT2D eigenvalue weighted by Crippen LogP contribution is 2.36. The monoisotopic (exact) mass is 364 g/mol. The fourth-order valence-electron chi connectivity index (χ4n) is 3.80. The van der Waals surface area contributed by atoms with Crippen molar-refractivity contribution in [2.45, 2.75) is 31.9 Å². The molecule has 7 nitrogen and oxygen atoms in total. The Bertz CT molecular complexity index is 928. The van der Waals surface area contributed by atoms with Gasteiger partial charge in [-0.25, -0.2) is 4.98 Å². The van der Waals surface area contributed by atoms with Crippen LogP contribution in [0.1, 0.15) is 29.7 Å². The van der Waals surface area contributed by atoms with Gasteiger partial charge in [0.05, 0.1) is 5.69 Å². The molecule has 1 saturated heterocycles. The summed E-state index contributed by atoms with van der Waals surface area (Å²) in [5.74, 6) is 0.326. The molecule has 1 amide bonds. The first kappa shape index (κ1) is 17.3. The van der Waals surface area contributed by atoms with Crippen LogP contribution in [0.4, 0.5) is 5.82 Å². The lowest BCUT2D eigenvalue weighted by atomic mass is 9.91. The van der Waals surface area contributed by atoms with Gasteiger partial charge in [-0.2, -0.15) is 5.26 Å². The molecule has 1 atom stereocenters. The maximum atomic E-state index is 12.8. The van der Waals surface area contributed by atoms with Gasteiger partial charge in [-0.05, 0) is 30.5 Å². The predicted molar refractivity (Wildman–Crippen MR) is 98.6 cm³/mol. The molecule has 4 rings (SSSR count). The summed E-state index contributed by atoms with van der Waals surface area (Å²) in [6, 6.07) is 8.77. The summed E-state index contributed by atoms with van der Waals surface area (Å²) in [7, 11) is 0. The van der Waals surface area contributed by atoms with Crippen molar-refractivity contribution in [3.63, 3.8) is 0 Å². The molecule has 138 valence electrons. The topological polar surface area (TPSA) is 112 Å². The van der Waals surface area contributed by atoms with Crippen molar-refractivity contribution < 1.29 is 14.6 Å². The molecule has 0 unspecified atom stereocenters. The van der Waals surface area contributed by atoms with Gasteiger partial charge in [0.2, 0.25) is 0 Å². The molecule has 1 aromatic carbocycles. The second-order valence-electron chi connectivity index (χ2n) is 6.84. The van der Waals surface area contributed by atoms with Gasteiger partial charge in [0, 0.05) is 37.2 Å². The Labute approximate surface area is 157 Å². The lowest BCUT2D eigenvalue weighted by molar-refractivity contribution is -0.141. The van der Waals surface area contributed by atoms with Gasteiger partial charge >= 0.3 is 0 Å². The molecule has 2 aromatic rings.